The van der Waals surface area contributed by atoms with E-state index >= 15 is 0 Å². The molecule has 0 saturated carbocycles. The van der Waals surface area contributed by atoms with Gasteiger partial charge in [0.2, 0.25) is 5.91 Å². The van der Waals surface area contributed by atoms with Gasteiger partial charge >= 0.3 is 0 Å². The van der Waals surface area contributed by atoms with E-state index in [0.29, 0.717) is 6.42 Å². The van der Waals surface area contributed by atoms with Gasteiger partial charge in [-0.05, 0) is 18.9 Å². The summed E-state index contributed by atoms with van der Waals surface area (Å²) in [5, 5.41) is 11.0. The van der Waals surface area contributed by atoms with Crippen molar-refractivity contribution < 1.29 is 14.8 Å². The molecule has 2 atom stereocenters. The Morgan fingerprint density at radius 3 is 2.33 bits per heavy atom. The topological polar surface area (TPSA) is 78.4 Å². The molecule has 2 unspecified atom stereocenters. The van der Waals surface area contributed by atoms with Gasteiger partial charge in [0.25, 0.3) is 5.91 Å². The molecular formula is C13H18N2O3. The van der Waals surface area contributed by atoms with Crippen LogP contribution < -0.4 is 10.8 Å². The minimum absolute atomic E-state index is 0.222. The maximum atomic E-state index is 12.0. The molecule has 0 aliphatic heterocycles. The van der Waals surface area contributed by atoms with Crippen LogP contribution in [0, 0.1) is 0 Å². The largest absolute Gasteiger partial charge is 0.344 e. The Kier molecular flexibility index (Phi) is 5.32. The molecule has 0 bridgehead atoms. The molecule has 0 fully saturated rings. The normalized spacial score (nSPS) is 13.5. The zero-order chi connectivity index (χ0) is 13.5. The van der Waals surface area contributed by atoms with Crippen molar-refractivity contribution in [3.05, 3.63) is 35.9 Å². The van der Waals surface area contributed by atoms with Crippen LogP contribution in [0.5, 0.6) is 0 Å². The molecule has 0 radical (unpaired) electrons. The van der Waals surface area contributed by atoms with Gasteiger partial charge in [0.15, 0.2) is 0 Å². The molecule has 5 nitrogen and oxygen atoms in total. The highest BCUT2D eigenvalue weighted by atomic mass is 16.5. The number of amides is 2. The van der Waals surface area contributed by atoms with Gasteiger partial charge in [-0.1, -0.05) is 37.3 Å². The van der Waals surface area contributed by atoms with Crippen LogP contribution in [0.15, 0.2) is 30.3 Å². The molecule has 0 saturated heterocycles. The van der Waals surface area contributed by atoms with E-state index in [-0.39, 0.29) is 11.8 Å². The fraction of sp³-hybridized carbons (Fsp3) is 0.385. The quantitative estimate of drug-likeness (QED) is 0.542. The predicted molar refractivity (Wildman–Crippen MR) is 67.0 cm³/mol. The fourth-order valence-corrected chi connectivity index (χ4v) is 1.73. The summed E-state index contributed by atoms with van der Waals surface area (Å²) in [7, 11) is 0. The van der Waals surface area contributed by atoms with Crippen LogP contribution in [-0.2, 0) is 9.59 Å². The van der Waals surface area contributed by atoms with E-state index in [1.165, 1.54) is 12.4 Å². The first kappa shape index (κ1) is 14.2. The summed E-state index contributed by atoms with van der Waals surface area (Å²) in [5.41, 5.74) is 2.42. The summed E-state index contributed by atoms with van der Waals surface area (Å²) in [6, 6.07) is 8.62. The maximum Gasteiger partial charge on any atom is 0.265 e. The fourth-order valence-electron chi connectivity index (χ4n) is 1.73. The second-order valence-corrected chi connectivity index (χ2v) is 4.08. The Hall–Kier alpha value is -1.88. The van der Waals surface area contributed by atoms with Gasteiger partial charge in [-0.2, -0.15) is 0 Å². The Morgan fingerprint density at radius 2 is 1.83 bits per heavy atom. The Morgan fingerprint density at radius 1 is 1.22 bits per heavy atom. The van der Waals surface area contributed by atoms with Gasteiger partial charge in [-0.15, -0.1) is 0 Å². The van der Waals surface area contributed by atoms with Crippen molar-refractivity contribution in [1.82, 2.24) is 10.8 Å². The highest BCUT2D eigenvalue weighted by molar-refractivity contribution is 5.89. The summed E-state index contributed by atoms with van der Waals surface area (Å²) < 4.78 is 0. The lowest BCUT2D eigenvalue weighted by Gasteiger charge is -2.18. The Bertz CT molecular complexity index is 406. The van der Waals surface area contributed by atoms with Crippen LogP contribution in [0.1, 0.15) is 31.7 Å². The number of carbonyl (C=O) groups excluding carboxylic acids is 2. The molecule has 98 valence electrons. The van der Waals surface area contributed by atoms with Gasteiger partial charge < -0.3 is 5.32 Å². The lowest BCUT2D eigenvalue weighted by molar-refractivity contribution is -0.134. The lowest BCUT2D eigenvalue weighted by Crippen LogP contribution is -2.45. The smallest absolute Gasteiger partial charge is 0.265 e. The van der Waals surface area contributed by atoms with E-state index in [9.17, 15) is 9.59 Å². The van der Waals surface area contributed by atoms with E-state index in [1.807, 2.05) is 37.3 Å². The molecule has 0 aliphatic carbocycles. The number of hydrogen-bond acceptors (Lipinski definition) is 3. The zero-order valence-corrected chi connectivity index (χ0v) is 10.5. The average molecular weight is 250 g/mol. The summed E-state index contributed by atoms with van der Waals surface area (Å²) in [5.74, 6) is -1.15. The van der Waals surface area contributed by atoms with Gasteiger partial charge in [-0.3, -0.25) is 14.8 Å². The lowest BCUT2D eigenvalue weighted by atomic mass is 9.95. The van der Waals surface area contributed by atoms with Crippen LogP contribution in [0.2, 0.25) is 0 Å². The standard InChI is InChI=1S/C13H18N2O3/c1-3-11(10-7-5-4-6-8-10)13(17)14-9(2)12(16)15-18/h4-9,11,18H,3H2,1-2H3,(H,14,17)(H,15,16). The zero-order valence-electron chi connectivity index (χ0n) is 10.5. The molecule has 0 aromatic heterocycles. The Labute approximate surface area is 106 Å². The third-order valence-electron chi connectivity index (χ3n) is 2.79. The first-order valence-corrected chi connectivity index (χ1v) is 5.89. The van der Waals surface area contributed by atoms with Crippen LogP contribution in [0.25, 0.3) is 0 Å². The summed E-state index contributed by atoms with van der Waals surface area (Å²) in [6.07, 6.45) is 0.642. The molecule has 0 heterocycles. The SMILES string of the molecule is CCC(C(=O)NC(C)C(=O)NO)c1ccccc1. The van der Waals surface area contributed by atoms with E-state index < -0.39 is 11.9 Å². The third kappa shape index (κ3) is 3.56. The molecule has 3 N–H and O–H groups in total. The highest BCUT2D eigenvalue weighted by Gasteiger charge is 2.22. The minimum atomic E-state index is -0.764. The second kappa shape index (κ2) is 6.76. The predicted octanol–water partition coefficient (Wildman–Crippen LogP) is 1.19. The van der Waals surface area contributed by atoms with E-state index in [2.05, 4.69) is 5.32 Å². The number of nitrogens with one attached hydrogen (secondary N) is 2. The molecule has 18 heavy (non-hydrogen) atoms. The van der Waals surface area contributed by atoms with E-state index in [0.717, 1.165) is 5.56 Å². The number of benzene rings is 1. The number of hydroxylamine groups is 1. The average Bonchev–Trinajstić information content (AvgIpc) is 2.39. The van der Waals surface area contributed by atoms with Gasteiger partial charge in [0.05, 0.1) is 5.92 Å². The van der Waals surface area contributed by atoms with Gasteiger partial charge in [-0.25, -0.2) is 5.48 Å². The Balaban J connectivity index is 2.72. The molecule has 1 aromatic carbocycles. The first-order valence-electron chi connectivity index (χ1n) is 5.89. The van der Waals surface area contributed by atoms with E-state index in [1.54, 1.807) is 0 Å². The summed E-state index contributed by atoms with van der Waals surface area (Å²) in [4.78, 5) is 23.2. The van der Waals surface area contributed by atoms with Crippen molar-refractivity contribution in [2.45, 2.75) is 32.2 Å². The second-order valence-electron chi connectivity index (χ2n) is 4.08. The van der Waals surface area contributed by atoms with Crippen molar-refractivity contribution in [3.63, 3.8) is 0 Å². The molecule has 0 spiro atoms. The summed E-state index contributed by atoms with van der Waals surface area (Å²) >= 11 is 0. The van der Waals surface area contributed by atoms with Crippen LogP contribution in [0.3, 0.4) is 0 Å². The first-order chi connectivity index (χ1) is 8.60. The molecule has 2 amide bonds. The molecular weight excluding hydrogens is 232 g/mol. The van der Waals surface area contributed by atoms with Crippen molar-refractivity contribution in [2.24, 2.45) is 0 Å². The number of rotatable bonds is 5. The van der Waals surface area contributed by atoms with Gasteiger partial charge in [0, 0.05) is 0 Å². The number of hydrogen-bond donors (Lipinski definition) is 3. The van der Waals surface area contributed by atoms with Crippen molar-refractivity contribution in [2.75, 3.05) is 0 Å². The minimum Gasteiger partial charge on any atom is -0.344 e. The number of carbonyl (C=O) groups is 2. The van der Waals surface area contributed by atoms with Crippen LogP contribution in [0.4, 0.5) is 0 Å². The van der Waals surface area contributed by atoms with Crippen molar-refractivity contribution in [3.8, 4) is 0 Å². The maximum absolute atomic E-state index is 12.0. The molecule has 1 aromatic rings. The monoisotopic (exact) mass is 250 g/mol. The van der Waals surface area contributed by atoms with E-state index in [4.69, 9.17) is 5.21 Å². The van der Waals surface area contributed by atoms with Gasteiger partial charge in [0.1, 0.15) is 6.04 Å². The molecule has 1 rings (SSSR count). The van der Waals surface area contributed by atoms with Crippen LogP contribution >= 0.6 is 0 Å². The van der Waals surface area contributed by atoms with Crippen molar-refractivity contribution in [1.29, 1.82) is 0 Å². The third-order valence-corrected chi connectivity index (χ3v) is 2.79. The molecule has 5 heteroatoms. The molecule has 0 aliphatic rings. The van der Waals surface area contributed by atoms with Crippen molar-refractivity contribution >= 4 is 11.8 Å². The highest BCUT2D eigenvalue weighted by Crippen LogP contribution is 2.19. The summed E-state index contributed by atoms with van der Waals surface area (Å²) in [6.45, 7) is 3.43. The van der Waals surface area contributed by atoms with Crippen LogP contribution in [-0.4, -0.2) is 23.1 Å².